The van der Waals surface area contributed by atoms with E-state index < -0.39 is 47.9 Å². The first-order valence-electron chi connectivity index (χ1n) is 42.0. The molecule has 1 aromatic rings. The van der Waals surface area contributed by atoms with Crippen LogP contribution in [-0.4, -0.2) is 434 Å². The largest absolute Gasteiger partial charge is 0.874 e. The summed E-state index contributed by atoms with van der Waals surface area (Å²) >= 11 is 0. The van der Waals surface area contributed by atoms with Gasteiger partial charge in [0.25, 0.3) is 0 Å². The predicted molar refractivity (Wildman–Crippen MR) is 450 cm³/mol. The minimum atomic E-state index is -3.77. The number of carboxylic acids is 1. The first kappa shape index (κ1) is 112. The molecule has 3 rings (SSSR count). The zero-order valence-corrected chi connectivity index (χ0v) is 74.7. The number of nitrogens with zero attached hydrogens (tertiary/aromatic N) is 2. The number of hydrogen-bond donors (Lipinski definition) is 4. The fraction of sp³-hybridized carbons (Fsp3) is 0.812. The van der Waals surface area contributed by atoms with Gasteiger partial charge in [-0.25, -0.2) is 44.0 Å². The molecular formula is C80H143N5O34S3. The summed E-state index contributed by atoms with van der Waals surface area (Å²) in [7, 11) is -6.38. The lowest BCUT2D eigenvalue weighted by Crippen LogP contribution is -2.41. The third-order valence-electron chi connectivity index (χ3n) is 17.3. The molecule has 1 atom stereocenters. The Morgan fingerprint density at radius 2 is 0.615 bits per heavy atom. The van der Waals surface area contributed by atoms with E-state index in [1.807, 2.05) is 9.48 Å². The Morgan fingerprint density at radius 1 is 0.369 bits per heavy atom. The van der Waals surface area contributed by atoms with Crippen molar-refractivity contribution in [3.63, 3.8) is 0 Å². The van der Waals surface area contributed by atoms with Crippen LogP contribution >= 0.6 is 0 Å². The second kappa shape index (κ2) is 77.7. The van der Waals surface area contributed by atoms with E-state index in [-0.39, 0.29) is 159 Å². The van der Waals surface area contributed by atoms with Gasteiger partial charge in [-0.05, 0) is 30.5 Å². The lowest BCUT2D eigenvalue weighted by molar-refractivity contribution is -0.526. The molecule has 2 aliphatic rings. The molecule has 0 spiro atoms. The molecule has 122 heavy (non-hydrogen) atoms. The number of Topliss-reactive ketones (excluding diaryl/α,β-unsaturated/α-hetero) is 1. The fourth-order valence-electron chi connectivity index (χ4n) is 11.1. The normalized spacial score (nSPS) is 14.5. The molecule has 1 aromatic carbocycles. The van der Waals surface area contributed by atoms with Crippen molar-refractivity contribution in [3.8, 4) is 0 Å². The Balaban J connectivity index is 1.44. The number of benzene rings is 1. The highest BCUT2D eigenvalue weighted by atomic mass is 32.2. The summed E-state index contributed by atoms with van der Waals surface area (Å²) in [6.07, 6.45) is 7.67. The Bertz CT molecular complexity index is 3080. The molecule has 0 amide bonds. The highest BCUT2D eigenvalue weighted by Crippen LogP contribution is 2.41. The molecule has 0 saturated carbocycles. The van der Waals surface area contributed by atoms with Crippen LogP contribution in [0, 0.1) is 11.8 Å². The van der Waals surface area contributed by atoms with Crippen LogP contribution in [0.25, 0.3) is 5.57 Å². The summed E-state index contributed by atoms with van der Waals surface area (Å²) < 4.78 is 218. The number of rotatable bonds is 94. The number of allylic oxidation sites excluding steroid dienone is 6. The van der Waals surface area contributed by atoms with Gasteiger partial charge >= 0.3 is 5.97 Å². The second-order valence-electron chi connectivity index (χ2n) is 26.9. The average Bonchev–Trinajstić information content (AvgIpc) is 0.747. The smallest absolute Gasteiger partial charge is 0.303 e. The number of carboxylic acid groups (broad SMARTS) is 1. The molecule has 2 aliphatic carbocycles. The summed E-state index contributed by atoms with van der Waals surface area (Å²) in [6, 6.07) is 6.68. The van der Waals surface area contributed by atoms with Gasteiger partial charge in [-0.3, -0.25) is 9.59 Å². The number of ether oxygens (including phenoxy) is 24. The van der Waals surface area contributed by atoms with E-state index in [4.69, 9.17) is 114 Å². The van der Waals surface area contributed by atoms with E-state index in [0.717, 1.165) is 0 Å². The molecule has 0 aromatic heterocycles. The van der Waals surface area contributed by atoms with Gasteiger partial charge in [0.1, 0.15) is 13.1 Å². The number of anilines is 1. The zero-order valence-electron chi connectivity index (χ0n) is 72.2. The molecule has 42 heteroatoms. The molecule has 710 valence electrons. The molecule has 0 saturated heterocycles. The van der Waals surface area contributed by atoms with Crippen molar-refractivity contribution < 1.29 is 163 Å². The van der Waals surface area contributed by atoms with E-state index in [0.29, 0.717) is 268 Å². The summed E-state index contributed by atoms with van der Waals surface area (Å²) in [6.45, 7) is 19.0. The van der Waals surface area contributed by atoms with Gasteiger partial charge in [0, 0.05) is 102 Å². The fourth-order valence-corrected chi connectivity index (χ4v) is 14.3. The maximum atomic E-state index is 13.9. The molecule has 0 aliphatic heterocycles. The van der Waals surface area contributed by atoms with Gasteiger partial charge in [0.2, 0.25) is 30.1 Å². The summed E-state index contributed by atoms with van der Waals surface area (Å²) in [5.41, 5.74) is 1.67. The van der Waals surface area contributed by atoms with Crippen molar-refractivity contribution in [3.05, 3.63) is 59.9 Å². The van der Waals surface area contributed by atoms with Crippen molar-refractivity contribution in [1.29, 1.82) is 0 Å². The Kier molecular flexibility index (Phi) is 71.2. The van der Waals surface area contributed by atoms with E-state index in [1.54, 1.807) is 69.9 Å². The number of ketones is 1. The SMILES string of the molecule is COCCOCCOCCOCCOCCOCCOCCOCCNS(=O)(=O)CCCN(CCCS(=O)(=O)NCCOCCOCCOCCOCCOCCOCCOCCOC)c1ccc(C2=C([O-])C(C3C=CC(=[N+](CCCC(=O)O)CCCS(=O)(=O)NCCOCCOCCOCCOCCOCCOCCOCCOC)C=C3)C2=O)cc1. The minimum absolute atomic E-state index is 0.0231. The number of hydrogen-bond acceptors (Lipinski definition) is 34. The van der Waals surface area contributed by atoms with Gasteiger partial charge in [-0.2, -0.15) is 0 Å². The topological polar surface area (TPSA) is 444 Å². The van der Waals surface area contributed by atoms with Crippen molar-refractivity contribution in [2.45, 2.75) is 32.1 Å². The third-order valence-corrected chi connectivity index (χ3v) is 21.8. The number of carbonyl (C=O) groups is 2. The van der Waals surface area contributed by atoms with Crippen LogP contribution in [0.5, 0.6) is 0 Å². The average molecular weight is 1820 g/mol. The number of carbonyl (C=O) groups excluding carboxylic acids is 1. The molecular weight excluding hydrogens is 1670 g/mol. The first-order valence-corrected chi connectivity index (χ1v) is 47.0. The maximum absolute atomic E-state index is 13.9. The molecule has 0 bridgehead atoms. The van der Waals surface area contributed by atoms with Crippen LogP contribution in [0.4, 0.5) is 5.69 Å². The van der Waals surface area contributed by atoms with E-state index in [9.17, 15) is 45.1 Å². The van der Waals surface area contributed by atoms with Crippen molar-refractivity contribution >= 4 is 58.8 Å². The molecule has 0 fully saturated rings. The highest BCUT2D eigenvalue weighted by molar-refractivity contribution is 7.90. The van der Waals surface area contributed by atoms with Crippen LogP contribution in [0.3, 0.4) is 0 Å². The van der Waals surface area contributed by atoms with Crippen molar-refractivity contribution in [2.24, 2.45) is 11.8 Å². The minimum Gasteiger partial charge on any atom is -0.874 e. The van der Waals surface area contributed by atoms with Gasteiger partial charge < -0.3 is 129 Å². The molecule has 0 radical (unpaired) electrons. The number of sulfonamides is 3. The monoisotopic (exact) mass is 1810 g/mol. The van der Waals surface area contributed by atoms with E-state index in [2.05, 4.69) is 14.2 Å². The standard InChI is InChI=1S/C80H143N5O34S3/c1-96-27-30-102-39-42-108-51-54-114-63-66-117-60-57-111-48-45-105-36-33-99-24-17-81-120(90,91)69-5-21-84(20-4-8-76(86)87)74-13-9-72(10-14-74)77-79(88)78(80(77)89)73-11-15-75(16-12-73)85(22-6-70-121(92,93)82-18-25-100-34-37-106-46-49-112-58-61-118-67-64-115-55-52-109-43-40-103-31-28-97-2)23-7-71-122(94,95)83-19-26-101-35-38-107-47-50-113-59-62-119-68-65-116-56-53-110-44-41-104-32-29-98-3/h9-16,72,77,81-83H,4-8,17-71H2,1-3H3,(H-,86,87,88,89). The molecule has 1 unspecified atom stereocenters. The Labute approximate surface area is 723 Å². The second-order valence-corrected chi connectivity index (χ2v) is 32.6. The Hall–Kier alpha value is -4.38. The van der Waals surface area contributed by atoms with Crippen molar-refractivity contribution in [2.75, 3.05) is 387 Å². The quantitative estimate of drug-likeness (QED) is 0.0494. The van der Waals surface area contributed by atoms with Crippen molar-refractivity contribution in [1.82, 2.24) is 14.2 Å². The van der Waals surface area contributed by atoms with Gasteiger partial charge in [-0.15, -0.1) is 5.76 Å². The van der Waals surface area contributed by atoms with Gasteiger partial charge in [0.15, 0.2) is 11.5 Å². The lowest BCUT2D eigenvalue weighted by Gasteiger charge is -2.40. The van der Waals surface area contributed by atoms with E-state index >= 15 is 0 Å². The molecule has 0 heterocycles. The van der Waals surface area contributed by atoms with Crippen LogP contribution in [0.2, 0.25) is 0 Å². The van der Waals surface area contributed by atoms with Gasteiger partial charge in [0.05, 0.1) is 321 Å². The third kappa shape index (κ3) is 62.7. The first-order chi connectivity index (χ1) is 59.5. The van der Waals surface area contributed by atoms with E-state index in [1.165, 1.54) is 0 Å². The Morgan fingerprint density at radius 3 is 0.869 bits per heavy atom. The molecule has 4 N–H and O–H groups in total. The van der Waals surface area contributed by atoms with Crippen LogP contribution in [0.1, 0.15) is 37.7 Å². The predicted octanol–water partition coefficient (Wildman–Crippen LogP) is 0.0401. The number of aliphatic carboxylic acids is 1. The van der Waals surface area contributed by atoms with Gasteiger partial charge in [-0.1, -0.05) is 24.3 Å². The maximum Gasteiger partial charge on any atom is 0.303 e. The number of nitrogens with one attached hydrogen (secondary N) is 3. The van der Waals surface area contributed by atoms with Crippen LogP contribution < -0.4 is 24.2 Å². The summed E-state index contributed by atoms with van der Waals surface area (Å²) in [5, 5.41) is 23.3. The lowest BCUT2D eigenvalue weighted by atomic mass is 9.71. The molecule has 39 nitrogen and oxygen atoms in total. The van der Waals surface area contributed by atoms with Crippen LogP contribution in [0.15, 0.2) is 54.3 Å². The summed E-state index contributed by atoms with van der Waals surface area (Å²) in [5.74, 6) is -4.00. The highest BCUT2D eigenvalue weighted by Gasteiger charge is 2.39. The zero-order chi connectivity index (χ0) is 88.0. The number of methoxy groups -OCH3 is 3. The summed E-state index contributed by atoms with van der Waals surface area (Å²) in [4.78, 5) is 27.3. The van der Waals surface area contributed by atoms with Crippen LogP contribution in [-0.2, 0) is 153 Å².